The summed E-state index contributed by atoms with van der Waals surface area (Å²) < 4.78 is 38.0. The summed E-state index contributed by atoms with van der Waals surface area (Å²) >= 11 is 6.11. The van der Waals surface area contributed by atoms with Crippen LogP contribution in [0, 0.1) is 6.92 Å². The molecule has 0 fully saturated rings. The highest BCUT2D eigenvalue weighted by molar-refractivity contribution is 6.34. The van der Waals surface area contributed by atoms with Gasteiger partial charge in [-0.05, 0) is 19.1 Å². The first kappa shape index (κ1) is 14.6. The molecular weight excluding hydrogens is 319 g/mol. The van der Waals surface area contributed by atoms with Crippen LogP contribution in [0.5, 0.6) is 0 Å². The average molecular weight is 328 g/mol. The highest BCUT2D eigenvalue weighted by Gasteiger charge is 2.33. The van der Waals surface area contributed by atoms with Gasteiger partial charge in [0.15, 0.2) is 0 Å². The summed E-state index contributed by atoms with van der Waals surface area (Å²) in [5, 5.41) is 10.7. The van der Waals surface area contributed by atoms with Crippen molar-refractivity contribution in [1.29, 1.82) is 0 Å². The Bertz CT molecular complexity index is 843. The normalized spacial score (nSPS) is 11.9. The molecule has 114 valence electrons. The summed E-state index contributed by atoms with van der Waals surface area (Å²) in [6, 6.07) is 3.36. The second-order valence-electron chi connectivity index (χ2n) is 4.60. The van der Waals surface area contributed by atoms with E-state index < -0.39 is 11.7 Å². The number of hydrogen-bond acceptors (Lipinski definition) is 4. The number of halogens is 4. The number of alkyl halides is 3. The maximum atomic E-state index is 12.7. The molecule has 3 aromatic rings. The van der Waals surface area contributed by atoms with Crippen LogP contribution in [0.1, 0.15) is 11.3 Å². The lowest BCUT2D eigenvalue weighted by molar-refractivity contribution is -0.138. The number of hydrogen-bond donors (Lipinski definition) is 2. The van der Waals surface area contributed by atoms with Crippen LogP contribution in [0.3, 0.4) is 0 Å². The molecule has 1 aromatic carbocycles. The predicted molar refractivity (Wildman–Crippen MR) is 76.2 cm³/mol. The molecular formula is C13H9ClF3N5. The molecule has 0 aliphatic rings. The Labute approximate surface area is 127 Å². The number of aromatic amines is 1. The first-order chi connectivity index (χ1) is 10.3. The number of fused-ring (bicyclic) bond motifs is 1. The Balaban J connectivity index is 1.95. The van der Waals surface area contributed by atoms with Gasteiger partial charge in [0.1, 0.15) is 0 Å². The molecule has 2 heterocycles. The summed E-state index contributed by atoms with van der Waals surface area (Å²) in [6.45, 7) is 1.27. The van der Waals surface area contributed by atoms with E-state index in [0.29, 0.717) is 10.7 Å². The lowest BCUT2D eigenvalue weighted by atomic mass is 10.2. The van der Waals surface area contributed by atoms with Gasteiger partial charge in [-0.1, -0.05) is 11.6 Å². The molecule has 0 aliphatic heterocycles. The van der Waals surface area contributed by atoms with Crippen LogP contribution in [0.15, 0.2) is 24.5 Å². The Morgan fingerprint density at radius 3 is 2.68 bits per heavy atom. The first-order valence-electron chi connectivity index (χ1n) is 6.15. The van der Waals surface area contributed by atoms with Gasteiger partial charge < -0.3 is 5.32 Å². The number of H-pyrrole nitrogens is 1. The molecule has 0 amide bonds. The lowest BCUT2D eigenvalue weighted by Crippen LogP contribution is -2.11. The lowest BCUT2D eigenvalue weighted by Gasteiger charge is -2.11. The van der Waals surface area contributed by atoms with Crippen molar-refractivity contribution in [2.24, 2.45) is 0 Å². The van der Waals surface area contributed by atoms with E-state index in [2.05, 4.69) is 25.5 Å². The smallest absolute Gasteiger partial charge is 0.323 e. The molecule has 5 nitrogen and oxygen atoms in total. The second kappa shape index (κ2) is 5.13. The van der Waals surface area contributed by atoms with Crippen LogP contribution < -0.4 is 5.32 Å². The van der Waals surface area contributed by atoms with Gasteiger partial charge in [-0.3, -0.25) is 5.10 Å². The molecule has 2 aromatic heterocycles. The van der Waals surface area contributed by atoms with Crippen LogP contribution in [0.2, 0.25) is 5.02 Å². The molecule has 3 rings (SSSR count). The van der Waals surface area contributed by atoms with Gasteiger partial charge >= 0.3 is 6.18 Å². The van der Waals surface area contributed by atoms with Crippen LogP contribution in [0.4, 0.5) is 24.8 Å². The van der Waals surface area contributed by atoms with Gasteiger partial charge in [0.2, 0.25) is 5.95 Å². The fraction of sp³-hybridized carbons (Fsp3) is 0.154. The first-order valence-corrected chi connectivity index (χ1v) is 6.53. The van der Waals surface area contributed by atoms with E-state index in [-0.39, 0.29) is 11.6 Å². The quantitative estimate of drug-likeness (QED) is 0.744. The van der Waals surface area contributed by atoms with Crippen LogP contribution >= 0.6 is 11.6 Å². The van der Waals surface area contributed by atoms with E-state index in [4.69, 9.17) is 11.6 Å². The minimum atomic E-state index is -4.48. The molecule has 2 N–H and O–H groups in total. The van der Waals surface area contributed by atoms with Gasteiger partial charge in [0.25, 0.3) is 0 Å². The Morgan fingerprint density at radius 2 is 2.00 bits per heavy atom. The Hall–Kier alpha value is -2.35. The molecule has 0 spiro atoms. The molecule has 9 heteroatoms. The average Bonchev–Trinajstić information content (AvgIpc) is 2.84. The van der Waals surface area contributed by atoms with E-state index in [0.717, 1.165) is 17.1 Å². The van der Waals surface area contributed by atoms with Crippen LogP contribution in [-0.2, 0) is 6.18 Å². The van der Waals surface area contributed by atoms with Gasteiger partial charge in [-0.2, -0.15) is 18.3 Å². The molecule has 22 heavy (non-hydrogen) atoms. The Kier molecular flexibility index (Phi) is 3.40. The fourth-order valence-electron chi connectivity index (χ4n) is 1.99. The van der Waals surface area contributed by atoms with Crippen LogP contribution in [-0.4, -0.2) is 20.2 Å². The van der Waals surface area contributed by atoms with Gasteiger partial charge in [-0.15, -0.1) is 0 Å². The van der Waals surface area contributed by atoms with E-state index in [1.807, 2.05) is 0 Å². The van der Waals surface area contributed by atoms with Gasteiger partial charge in [0, 0.05) is 11.6 Å². The van der Waals surface area contributed by atoms with E-state index in [9.17, 15) is 13.2 Å². The van der Waals surface area contributed by atoms with Crippen molar-refractivity contribution in [3.63, 3.8) is 0 Å². The monoisotopic (exact) mass is 327 g/mol. The molecule has 0 saturated carbocycles. The summed E-state index contributed by atoms with van der Waals surface area (Å²) in [4.78, 5) is 7.50. The predicted octanol–water partition coefficient (Wildman–Crippen LogP) is 4.08. The maximum Gasteiger partial charge on any atom is 0.419 e. The summed E-state index contributed by atoms with van der Waals surface area (Å²) in [5.74, 6) is 0.0336. The topological polar surface area (TPSA) is 66.5 Å². The minimum Gasteiger partial charge on any atom is -0.323 e. The molecule has 0 atom stereocenters. The third-order valence-electron chi connectivity index (χ3n) is 3.06. The zero-order valence-electron chi connectivity index (χ0n) is 11.2. The van der Waals surface area contributed by atoms with Gasteiger partial charge in [0.05, 0.1) is 33.7 Å². The third-order valence-corrected chi connectivity index (χ3v) is 3.37. The molecule has 0 radical (unpaired) electrons. The number of aromatic nitrogens is 4. The summed E-state index contributed by atoms with van der Waals surface area (Å²) in [5.41, 5.74) is 0.171. The van der Waals surface area contributed by atoms with Crippen molar-refractivity contribution in [1.82, 2.24) is 20.2 Å². The number of benzene rings is 1. The van der Waals surface area contributed by atoms with Crippen LogP contribution in [0.25, 0.3) is 10.9 Å². The molecule has 0 saturated heterocycles. The third kappa shape index (κ3) is 2.69. The Morgan fingerprint density at radius 1 is 1.23 bits per heavy atom. The summed E-state index contributed by atoms with van der Waals surface area (Å²) in [7, 11) is 0. The van der Waals surface area contributed by atoms with Crippen molar-refractivity contribution >= 4 is 34.1 Å². The standard InChI is InChI=1S/C13H9ClF3N5/c1-6-8(13(15,16)17)5-18-12(20-6)21-11-3-10-7(2-9(11)14)4-19-22-10/h2-5H,1H3,(H,19,22)(H,18,20,21). The van der Waals surface area contributed by atoms with Crippen molar-refractivity contribution in [2.45, 2.75) is 13.1 Å². The van der Waals surface area contributed by atoms with Crippen molar-refractivity contribution in [3.05, 3.63) is 40.8 Å². The molecule has 0 bridgehead atoms. The maximum absolute atomic E-state index is 12.7. The number of nitrogens with one attached hydrogen (secondary N) is 2. The zero-order valence-corrected chi connectivity index (χ0v) is 11.9. The van der Waals surface area contributed by atoms with E-state index in [1.165, 1.54) is 6.92 Å². The minimum absolute atomic E-state index is 0.0336. The van der Waals surface area contributed by atoms with Gasteiger partial charge in [-0.25, -0.2) is 9.97 Å². The van der Waals surface area contributed by atoms with Crippen molar-refractivity contribution in [2.75, 3.05) is 5.32 Å². The summed E-state index contributed by atoms with van der Waals surface area (Å²) in [6.07, 6.45) is -2.12. The number of aryl methyl sites for hydroxylation is 1. The highest BCUT2D eigenvalue weighted by atomic mass is 35.5. The van der Waals surface area contributed by atoms with Crippen molar-refractivity contribution in [3.8, 4) is 0 Å². The van der Waals surface area contributed by atoms with Crippen molar-refractivity contribution < 1.29 is 13.2 Å². The van der Waals surface area contributed by atoms with E-state index in [1.54, 1.807) is 18.3 Å². The highest BCUT2D eigenvalue weighted by Crippen LogP contribution is 2.32. The second-order valence-corrected chi connectivity index (χ2v) is 5.01. The zero-order chi connectivity index (χ0) is 15.9. The fourth-order valence-corrected chi connectivity index (χ4v) is 2.20. The number of rotatable bonds is 2. The molecule has 0 unspecified atom stereocenters. The number of nitrogens with zero attached hydrogens (tertiary/aromatic N) is 3. The molecule has 0 aliphatic carbocycles. The SMILES string of the molecule is Cc1nc(Nc2cc3[nH]ncc3cc2Cl)ncc1C(F)(F)F. The number of anilines is 2. The largest absolute Gasteiger partial charge is 0.419 e. The van der Waals surface area contributed by atoms with E-state index >= 15 is 0 Å².